The second-order valence-corrected chi connectivity index (χ2v) is 6.51. The van der Waals surface area contributed by atoms with Crippen molar-refractivity contribution in [3.8, 4) is 0 Å². The van der Waals surface area contributed by atoms with Gasteiger partial charge in [-0.25, -0.2) is 4.98 Å². The van der Waals surface area contributed by atoms with Crippen LogP contribution >= 0.6 is 0 Å². The first-order valence-corrected chi connectivity index (χ1v) is 8.51. The van der Waals surface area contributed by atoms with Gasteiger partial charge in [-0.1, -0.05) is 0 Å². The molecule has 1 fully saturated rings. The Bertz CT molecular complexity index is 881. The molecule has 4 rings (SSSR count). The molecule has 0 bridgehead atoms. The molecule has 26 heavy (non-hydrogen) atoms. The Kier molecular flexibility index (Phi) is 4.22. The van der Waals surface area contributed by atoms with Crippen LogP contribution in [0.15, 0.2) is 53.3 Å². The first-order valence-electron chi connectivity index (χ1n) is 8.51. The van der Waals surface area contributed by atoms with Crippen LogP contribution in [0.3, 0.4) is 0 Å². The van der Waals surface area contributed by atoms with Gasteiger partial charge in [0.2, 0.25) is 0 Å². The van der Waals surface area contributed by atoms with E-state index in [1.54, 1.807) is 0 Å². The minimum atomic E-state index is -4.08. The van der Waals surface area contributed by atoms with E-state index in [-0.39, 0.29) is 12.8 Å². The topological polar surface area (TPSA) is 41.3 Å². The zero-order valence-corrected chi connectivity index (χ0v) is 14.0. The number of nitrogens with zero attached hydrogens (tertiary/aromatic N) is 2. The lowest BCUT2D eigenvalue weighted by Gasteiger charge is -2.34. The number of benzene rings is 2. The Morgan fingerprint density at radius 1 is 1.00 bits per heavy atom. The Hall–Kier alpha value is -2.70. The first kappa shape index (κ1) is 16.8. The summed E-state index contributed by atoms with van der Waals surface area (Å²) in [5.74, 6) is -1.18. The van der Waals surface area contributed by atoms with E-state index in [4.69, 9.17) is 4.42 Å². The lowest BCUT2D eigenvalue weighted by molar-refractivity contribution is -0.179. The highest BCUT2D eigenvalue weighted by Crippen LogP contribution is 2.35. The molecule has 1 aliphatic heterocycles. The van der Waals surface area contributed by atoms with Gasteiger partial charge in [-0.3, -0.25) is 0 Å². The second kappa shape index (κ2) is 6.55. The van der Waals surface area contributed by atoms with E-state index in [1.165, 1.54) is 6.39 Å². The van der Waals surface area contributed by atoms with Gasteiger partial charge in [0.05, 0.1) is 5.92 Å². The van der Waals surface area contributed by atoms with Gasteiger partial charge >= 0.3 is 6.18 Å². The van der Waals surface area contributed by atoms with Crippen molar-refractivity contribution >= 4 is 28.2 Å². The summed E-state index contributed by atoms with van der Waals surface area (Å²) < 4.78 is 43.6. The largest absolute Gasteiger partial charge is 0.443 e. The van der Waals surface area contributed by atoms with Crippen LogP contribution < -0.4 is 10.2 Å². The summed E-state index contributed by atoms with van der Waals surface area (Å²) in [4.78, 5) is 6.09. The van der Waals surface area contributed by atoms with Crippen LogP contribution in [0.2, 0.25) is 0 Å². The summed E-state index contributed by atoms with van der Waals surface area (Å²) in [5, 5.41) is 3.29. The van der Waals surface area contributed by atoms with Gasteiger partial charge in [-0.15, -0.1) is 0 Å². The Balaban J connectivity index is 1.40. The van der Waals surface area contributed by atoms with Crippen LogP contribution in [-0.4, -0.2) is 24.2 Å². The average molecular weight is 361 g/mol. The van der Waals surface area contributed by atoms with Crippen LogP contribution in [0.25, 0.3) is 11.1 Å². The highest BCUT2D eigenvalue weighted by atomic mass is 19.4. The number of aromatic nitrogens is 1. The third-order valence-electron chi connectivity index (χ3n) is 4.81. The number of alkyl halides is 3. The molecule has 136 valence electrons. The van der Waals surface area contributed by atoms with Crippen LogP contribution in [0.5, 0.6) is 0 Å². The van der Waals surface area contributed by atoms with Gasteiger partial charge in [0.15, 0.2) is 12.0 Å². The number of rotatable bonds is 3. The molecule has 0 aliphatic carbocycles. The SMILES string of the molecule is FC(F)(F)C1CCN(c2ccc(Nc3ccc4ncoc4c3)cc2)CC1. The Morgan fingerprint density at radius 2 is 1.69 bits per heavy atom. The summed E-state index contributed by atoms with van der Waals surface area (Å²) in [6.07, 6.45) is -2.36. The summed E-state index contributed by atoms with van der Waals surface area (Å²) in [5.41, 5.74) is 4.24. The Morgan fingerprint density at radius 3 is 2.38 bits per heavy atom. The highest BCUT2D eigenvalue weighted by molar-refractivity contribution is 5.78. The van der Waals surface area contributed by atoms with Crippen molar-refractivity contribution in [2.45, 2.75) is 19.0 Å². The lowest BCUT2D eigenvalue weighted by Crippen LogP contribution is -2.38. The van der Waals surface area contributed by atoms with Gasteiger partial charge in [-0.2, -0.15) is 13.2 Å². The molecule has 2 aromatic carbocycles. The van der Waals surface area contributed by atoms with E-state index in [9.17, 15) is 13.2 Å². The third kappa shape index (κ3) is 3.47. The maximum Gasteiger partial charge on any atom is 0.391 e. The van der Waals surface area contributed by atoms with E-state index in [0.29, 0.717) is 18.7 Å². The molecule has 1 aliphatic rings. The van der Waals surface area contributed by atoms with Gasteiger partial charge < -0.3 is 14.6 Å². The standard InChI is InChI=1S/C19H18F3N3O/c20-19(21,22)13-7-9-25(10-8-13)16-4-1-14(2-5-16)24-15-3-6-17-18(11-15)26-12-23-17/h1-6,11-13,24H,7-10H2. The summed E-state index contributed by atoms with van der Waals surface area (Å²) in [6.45, 7) is 0.859. The number of fused-ring (bicyclic) bond motifs is 1. The molecule has 0 saturated carbocycles. The van der Waals surface area contributed by atoms with E-state index in [1.807, 2.05) is 47.4 Å². The fraction of sp³-hybridized carbons (Fsp3) is 0.316. The summed E-state index contributed by atoms with van der Waals surface area (Å²) in [7, 11) is 0. The van der Waals surface area contributed by atoms with E-state index in [2.05, 4.69) is 10.3 Å². The van der Waals surface area contributed by atoms with Gasteiger partial charge in [-0.05, 0) is 49.2 Å². The third-order valence-corrected chi connectivity index (χ3v) is 4.81. The minimum Gasteiger partial charge on any atom is -0.443 e. The van der Waals surface area contributed by atoms with Crippen molar-refractivity contribution in [2.24, 2.45) is 5.92 Å². The molecule has 0 amide bonds. The number of oxazole rings is 1. The molecule has 0 unspecified atom stereocenters. The van der Waals surface area contributed by atoms with E-state index >= 15 is 0 Å². The quantitative estimate of drug-likeness (QED) is 0.683. The lowest BCUT2D eigenvalue weighted by atomic mass is 9.96. The van der Waals surface area contributed by atoms with Crippen LogP contribution in [-0.2, 0) is 0 Å². The molecule has 2 heterocycles. The Labute approximate surface area is 148 Å². The fourth-order valence-electron chi connectivity index (χ4n) is 3.32. The molecule has 3 aromatic rings. The highest BCUT2D eigenvalue weighted by Gasteiger charge is 2.41. The number of anilines is 3. The molecule has 7 heteroatoms. The first-order chi connectivity index (χ1) is 12.5. The van der Waals surface area contributed by atoms with Gasteiger partial charge in [0.25, 0.3) is 0 Å². The molecule has 1 N–H and O–H groups in total. The monoisotopic (exact) mass is 361 g/mol. The van der Waals surface area contributed by atoms with Crippen LogP contribution in [0.1, 0.15) is 12.8 Å². The van der Waals surface area contributed by atoms with Crippen molar-refractivity contribution in [1.82, 2.24) is 4.98 Å². The van der Waals surface area contributed by atoms with Gasteiger partial charge in [0.1, 0.15) is 5.52 Å². The fourth-order valence-corrected chi connectivity index (χ4v) is 3.32. The number of piperidine rings is 1. The molecular formula is C19H18F3N3O. The van der Waals surface area contributed by atoms with Crippen LogP contribution in [0.4, 0.5) is 30.2 Å². The average Bonchev–Trinajstić information content (AvgIpc) is 3.10. The van der Waals surface area contributed by atoms with Crippen molar-refractivity contribution in [1.29, 1.82) is 0 Å². The zero-order valence-electron chi connectivity index (χ0n) is 14.0. The maximum absolute atomic E-state index is 12.8. The predicted molar refractivity (Wildman–Crippen MR) is 94.7 cm³/mol. The smallest absolute Gasteiger partial charge is 0.391 e. The molecular weight excluding hydrogens is 343 g/mol. The molecule has 4 nitrogen and oxygen atoms in total. The maximum atomic E-state index is 12.8. The number of hydrogen-bond donors (Lipinski definition) is 1. The minimum absolute atomic E-state index is 0.153. The summed E-state index contributed by atoms with van der Waals surface area (Å²) in [6, 6.07) is 13.4. The zero-order chi connectivity index (χ0) is 18.1. The number of hydrogen-bond acceptors (Lipinski definition) is 4. The van der Waals surface area contributed by atoms with Crippen molar-refractivity contribution in [3.05, 3.63) is 48.9 Å². The number of nitrogens with one attached hydrogen (secondary N) is 1. The van der Waals surface area contributed by atoms with Crippen molar-refractivity contribution in [2.75, 3.05) is 23.3 Å². The number of halogens is 3. The van der Waals surface area contributed by atoms with E-state index in [0.717, 1.165) is 22.6 Å². The van der Waals surface area contributed by atoms with Gasteiger partial charge in [0, 0.05) is 36.2 Å². The second-order valence-electron chi connectivity index (χ2n) is 6.51. The van der Waals surface area contributed by atoms with E-state index < -0.39 is 12.1 Å². The predicted octanol–water partition coefficient (Wildman–Crippen LogP) is 5.35. The molecule has 0 radical (unpaired) electrons. The summed E-state index contributed by atoms with van der Waals surface area (Å²) >= 11 is 0. The molecule has 1 saturated heterocycles. The van der Waals surface area contributed by atoms with Crippen molar-refractivity contribution in [3.63, 3.8) is 0 Å². The molecule has 1 aromatic heterocycles. The molecule has 0 spiro atoms. The van der Waals surface area contributed by atoms with Crippen LogP contribution in [0, 0.1) is 5.92 Å². The normalized spacial score (nSPS) is 16.2. The molecule has 0 atom stereocenters. The van der Waals surface area contributed by atoms with Crippen molar-refractivity contribution < 1.29 is 17.6 Å².